The highest BCUT2D eigenvalue weighted by Gasteiger charge is 2.29. The minimum absolute atomic E-state index is 0.0190. The molecule has 1 aliphatic heterocycles. The molecule has 1 aromatic heterocycles. The van der Waals surface area contributed by atoms with Gasteiger partial charge in [-0.1, -0.05) is 11.3 Å². The van der Waals surface area contributed by atoms with Gasteiger partial charge < -0.3 is 9.64 Å². The first-order valence-electron chi connectivity index (χ1n) is 7.58. The van der Waals surface area contributed by atoms with E-state index in [-0.39, 0.29) is 34.0 Å². The first-order chi connectivity index (χ1) is 11.4. The first-order valence-corrected chi connectivity index (χ1v) is 8.40. The molecule has 2 aromatic rings. The van der Waals surface area contributed by atoms with E-state index < -0.39 is 11.6 Å². The minimum atomic E-state index is -1.04. The molecule has 1 fully saturated rings. The third-order valence-corrected chi connectivity index (χ3v) is 4.70. The molecule has 0 saturated carbocycles. The van der Waals surface area contributed by atoms with Crippen LogP contribution < -0.4 is 4.90 Å². The summed E-state index contributed by atoms with van der Waals surface area (Å²) in [6.45, 7) is 6.21. The van der Waals surface area contributed by atoms with Crippen molar-refractivity contribution in [2.24, 2.45) is 0 Å². The number of aromatic nitrogens is 2. The summed E-state index contributed by atoms with van der Waals surface area (Å²) in [5.74, 6) is -2.05. The normalized spacial score (nSPS) is 21.1. The number of nitrogens with zero attached hydrogens (tertiary/aromatic N) is 3. The van der Waals surface area contributed by atoms with Crippen molar-refractivity contribution in [1.29, 1.82) is 0 Å². The van der Waals surface area contributed by atoms with Crippen molar-refractivity contribution in [2.75, 3.05) is 18.0 Å². The first kappa shape index (κ1) is 16.9. The number of halogens is 2. The Balaban J connectivity index is 2.11. The van der Waals surface area contributed by atoms with E-state index in [0.717, 1.165) is 11.3 Å². The zero-order chi connectivity index (χ0) is 17.4. The number of aldehydes is 1. The Morgan fingerprint density at radius 3 is 2.46 bits per heavy atom. The third-order valence-electron chi connectivity index (χ3n) is 3.83. The predicted molar refractivity (Wildman–Crippen MR) is 87.6 cm³/mol. The molecule has 5 nitrogen and oxygen atoms in total. The molecule has 0 radical (unpaired) electrons. The average Bonchev–Trinajstić information content (AvgIpc) is 2.94. The molecule has 0 spiro atoms. The highest BCUT2D eigenvalue weighted by atomic mass is 32.1. The van der Waals surface area contributed by atoms with Gasteiger partial charge in [-0.3, -0.25) is 4.79 Å². The lowest BCUT2D eigenvalue weighted by molar-refractivity contribution is -0.00546. The van der Waals surface area contributed by atoms with Crippen LogP contribution in [0.1, 0.15) is 29.2 Å². The number of aryl methyl sites for hydroxylation is 1. The highest BCUT2D eigenvalue weighted by molar-refractivity contribution is 7.14. The van der Waals surface area contributed by atoms with Crippen LogP contribution in [0, 0.1) is 18.6 Å². The quantitative estimate of drug-likeness (QED) is 0.793. The van der Waals surface area contributed by atoms with Gasteiger partial charge in [-0.15, -0.1) is 10.2 Å². The standard InChI is InChI=1S/C16H17F2N3O2S/c1-8-5-21(6-9(2)23-8)15-11(7-22)4-12(13(17)14(15)18)16-20-19-10(3)24-16/h4,7-9H,5-6H2,1-3H3/t8-,9?/m1/s1. The summed E-state index contributed by atoms with van der Waals surface area (Å²) in [6.07, 6.45) is 0.266. The molecular formula is C16H17F2N3O2S. The van der Waals surface area contributed by atoms with Crippen molar-refractivity contribution in [3.63, 3.8) is 0 Å². The summed E-state index contributed by atoms with van der Waals surface area (Å²) in [5.41, 5.74) is 0.0332. The van der Waals surface area contributed by atoms with Crippen molar-refractivity contribution < 1.29 is 18.3 Å². The van der Waals surface area contributed by atoms with E-state index in [0.29, 0.717) is 24.4 Å². The maximum absolute atomic E-state index is 14.8. The number of rotatable bonds is 3. The van der Waals surface area contributed by atoms with E-state index in [9.17, 15) is 13.6 Å². The molecule has 128 valence electrons. The van der Waals surface area contributed by atoms with E-state index >= 15 is 0 Å². The second-order valence-corrected chi connectivity index (χ2v) is 7.08. The molecule has 1 aliphatic rings. The largest absolute Gasteiger partial charge is 0.372 e. The van der Waals surface area contributed by atoms with E-state index in [4.69, 9.17) is 4.74 Å². The average molecular weight is 353 g/mol. The Hall–Kier alpha value is -1.93. The van der Waals surface area contributed by atoms with Crippen LogP contribution in [0.25, 0.3) is 10.6 Å². The Morgan fingerprint density at radius 1 is 1.25 bits per heavy atom. The number of morpholine rings is 1. The molecule has 8 heteroatoms. The van der Waals surface area contributed by atoms with Gasteiger partial charge in [0.25, 0.3) is 0 Å². The summed E-state index contributed by atoms with van der Waals surface area (Å²) in [5, 5.41) is 8.55. The van der Waals surface area contributed by atoms with Crippen LogP contribution in [0.2, 0.25) is 0 Å². The van der Waals surface area contributed by atoms with Crippen molar-refractivity contribution in [1.82, 2.24) is 10.2 Å². The lowest BCUT2D eigenvalue weighted by Crippen LogP contribution is -2.46. The van der Waals surface area contributed by atoms with Gasteiger partial charge in [0.1, 0.15) is 5.01 Å². The van der Waals surface area contributed by atoms with Crippen molar-refractivity contribution in [3.05, 3.63) is 28.3 Å². The Labute approximate surface area is 142 Å². The molecule has 0 amide bonds. The third kappa shape index (κ3) is 3.03. The van der Waals surface area contributed by atoms with Crippen molar-refractivity contribution in [2.45, 2.75) is 33.0 Å². The second kappa shape index (κ2) is 6.52. The molecule has 1 saturated heterocycles. The minimum Gasteiger partial charge on any atom is -0.372 e. The van der Waals surface area contributed by atoms with Gasteiger partial charge in [0, 0.05) is 18.7 Å². The van der Waals surface area contributed by atoms with Crippen LogP contribution in [0.15, 0.2) is 6.07 Å². The van der Waals surface area contributed by atoms with Gasteiger partial charge in [-0.05, 0) is 26.8 Å². The smallest absolute Gasteiger partial charge is 0.183 e. The van der Waals surface area contributed by atoms with Crippen LogP contribution in [0.3, 0.4) is 0 Å². The molecule has 0 aliphatic carbocycles. The molecule has 1 unspecified atom stereocenters. The van der Waals surface area contributed by atoms with E-state index in [1.54, 1.807) is 11.8 Å². The lowest BCUT2D eigenvalue weighted by atomic mass is 10.1. The zero-order valence-electron chi connectivity index (χ0n) is 13.5. The van der Waals surface area contributed by atoms with Crippen LogP contribution >= 0.6 is 11.3 Å². The SMILES string of the molecule is Cc1nnc(-c2cc(C=O)c(N3CC(C)O[C@H](C)C3)c(F)c2F)s1. The Bertz CT molecular complexity index is 771. The van der Waals surface area contributed by atoms with Crippen LogP contribution in [0.5, 0.6) is 0 Å². The molecule has 0 bridgehead atoms. The zero-order valence-corrected chi connectivity index (χ0v) is 14.4. The fraction of sp³-hybridized carbons (Fsp3) is 0.438. The number of ether oxygens (including phenoxy) is 1. The lowest BCUT2D eigenvalue weighted by Gasteiger charge is -2.37. The van der Waals surface area contributed by atoms with Gasteiger partial charge >= 0.3 is 0 Å². The van der Waals surface area contributed by atoms with E-state index in [1.165, 1.54) is 6.07 Å². The predicted octanol–water partition coefficient (Wildman–Crippen LogP) is 3.22. The van der Waals surface area contributed by atoms with Crippen molar-refractivity contribution >= 4 is 23.3 Å². The number of hydrogen-bond acceptors (Lipinski definition) is 6. The Kier molecular flexibility index (Phi) is 4.60. The van der Waals surface area contributed by atoms with Gasteiger partial charge in [-0.25, -0.2) is 8.78 Å². The van der Waals surface area contributed by atoms with Gasteiger partial charge in [-0.2, -0.15) is 0 Å². The maximum atomic E-state index is 14.8. The van der Waals surface area contributed by atoms with Crippen LogP contribution in [0.4, 0.5) is 14.5 Å². The Morgan fingerprint density at radius 2 is 1.92 bits per heavy atom. The molecule has 0 N–H and O–H groups in total. The van der Waals surface area contributed by atoms with Crippen LogP contribution in [-0.2, 0) is 4.74 Å². The summed E-state index contributed by atoms with van der Waals surface area (Å²) >= 11 is 1.15. The van der Waals surface area contributed by atoms with Crippen LogP contribution in [-0.4, -0.2) is 41.8 Å². The number of hydrogen-bond donors (Lipinski definition) is 0. The van der Waals surface area contributed by atoms with Crippen molar-refractivity contribution in [3.8, 4) is 10.6 Å². The molecule has 24 heavy (non-hydrogen) atoms. The number of benzene rings is 1. The maximum Gasteiger partial charge on any atom is 0.183 e. The second-order valence-electron chi connectivity index (χ2n) is 5.90. The van der Waals surface area contributed by atoms with Gasteiger partial charge in [0.2, 0.25) is 0 Å². The molecule has 1 aromatic carbocycles. The monoisotopic (exact) mass is 353 g/mol. The molecular weight excluding hydrogens is 336 g/mol. The van der Waals surface area contributed by atoms with E-state index in [2.05, 4.69) is 10.2 Å². The molecule has 2 atom stereocenters. The number of carbonyl (C=O) groups is 1. The number of carbonyl (C=O) groups excluding carboxylic acids is 1. The highest BCUT2D eigenvalue weighted by Crippen LogP contribution is 2.35. The van der Waals surface area contributed by atoms with Gasteiger partial charge in [0.05, 0.1) is 23.5 Å². The summed E-state index contributed by atoms with van der Waals surface area (Å²) in [6, 6.07) is 1.34. The fourth-order valence-corrected chi connectivity index (χ4v) is 3.67. The number of anilines is 1. The molecule has 2 heterocycles. The van der Waals surface area contributed by atoms with E-state index in [1.807, 2.05) is 13.8 Å². The van der Waals surface area contributed by atoms with Gasteiger partial charge in [0.15, 0.2) is 22.9 Å². The molecule has 3 rings (SSSR count). The summed E-state index contributed by atoms with van der Waals surface area (Å²) < 4.78 is 35.0. The summed E-state index contributed by atoms with van der Waals surface area (Å²) in [7, 11) is 0. The fourth-order valence-electron chi connectivity index (χ4n) is 2.97. The summed E-state index contributed by atoms with van der Waals surface area (Å²) in [4.78, 5) is 13.2. The topological polar surface area (TPSA) is 55.3 Å².